The molecule has 2 aliphatic rings. The number of rotatable bonds is 8. The van der Waals surface area contributed by atoms with E-state index in [1.807, 2.05) is 47.2 Å². The second kappa shape index (κ2) is 7.76. The number of hydrogen-bond donors (Lipinski definition) is 1. The Balaban J connectivity index is 1.76. The van der Waals surface area contributed by atoms with Gasteiger partial charge in [0.25, 0.3) is 0 Å². The Labute approximate surface area is 154 Å². The van der Waals surface area contributed by atoms with Crippen LogP contribution >= 0.6 is 0 Å². The molecule has 3 rings (SSSR count). The molecule has 2 aliphatic heterocycles. The second-order valence-electron chi connectivity index (χ2n) is 7.61. The van der Waals surface area contributed by atoms with E-state index in [-0.39, 0.29) is 18.0 Å². The van der Waals surface area contributed by atoms with E-state index in [4.69, 9.17) is 4.74 Å². The quantitative estimate of drug-likeness (QED) is 0.763. The lowest BCUT2D eigenvalue weighted by molar-refractivity contribution is -0.151. The Bertz CT molecular complexity index is 650. The van der Waals surface area contributed by atoms with E-state index in [1.54, 1.807) is 7.11 Å². The third-order valence-electron chi connectivity index (χ3n) is 5.90. The van der Waals surface area contributed by atoms with Crippen LogP contribution in [0, 0.1) is 5.41 Å². The number of benzene rings is 1. The molecule has 26 heavy (non-hydrogen) atoms. The van der Waals surface area contributed by atoms with E-state index in [0.717, 1.165) is 18.4 Å². The van der Waals surface area contributed by atoms with Gasteiger partial charge in [-0.1, -0.05) is 30.3 Å². The minimum absolute atomic E-state index is 0.0345. The number of carbonyl (C=O) groups excluding carboxylic acids is 1. The number of ether oxygens (including phenoxy) is 1. The number of carboxylic acid groups (broad SMARTS) is 1. The zero-order chi connectivity index (χ0) is 18.7. The lowest BCUT2D eigenvalue weighted by Gasteiger charge is -2.34. The molecule has 2 saturated heterocycles. The molecule has 0 unspecified atom stereocenters. The zero-order valence-electron chi connectivity index (χ0n) is 15.6. The minimum atomic E-state index is -0.870. The fraction of sp³-hybridized carbons (Fsp3) is 0.600. The summed E-state index contributed by atoms with van der Waals surface area (Å²) in [5.41, 5.74) is 0.150. The highest BCUT2D eigenvalue weighted by molar-refractivity contribution is 5.84. The first kappa shape index (κ1) is 18.9. The molecular weight excluding hydrogens is 332 g/mol. The number of aliphatic carboxylic acids is 1. The van der Waals surface area contributed by atoms with Crippen LogP contribution in [0.4, 0.5) is 0 Å². The van der Waals surface area contributed by atoms with Crippen molar-refractivity contribution >= 4 is 11.9 Å². The predicted molar refractivity (Wildman–Crippen MR) is 97.9 cm³/mol. The van der Waals surface area contributed by atoms with Gasteiger partial charge in [0.05, 0.1) is 18.6 Å². The van der Waals surface area contributed by atoms with Crippen molar-refractivity contribution in [2.24, 2.45) is 5.41 Å². The average Bonchev–Trinajstić information content (AvgIpc) is 3.17. The number of methoxy groups -OCH3 is 1. The zero-order valence-corrected chi connectivity index (χ0v) is 15.6. The number of amides is 1. The second-order valence-corrected chi connectivity index (χ2v) is 7.61. The van der Waals surface area contributed by atoms with Crippen LogP contribution in [0.3, 0.4) is 0 Å². The van der Waals surface area contributed by atoms with Crippen LogP contribution in [0.1, 0.15) is 24.8 Å². The van der Waals surface area contributed by atoms with Crippen molar-refractivity contribution in [3.63, 3.8) is 0 Å². The van der Waals surface area contributed by atoms with Crippen LogP contribution in [0.15, 0.2) is 30.3 Å². The molecule has 6 heteroatoms. The van der Waals surface area contributed by atoms with E-state index >= 15 is 0 Å². The normalized spacial score (nSPS) is 27.3. The number of nitrogens with zero attached hydrogens (tertiary/aromatic N) is 2. The Kier molecular flexibility index (Phi) is 5.63. The Morgan fingerprint density at radius 1 is 1.31 bits per heavy atom. The molecule has 0 aromatic heterocycles. The molecule has 1 amide bonds. The van der Waals surface area contributed by atoms with E-state index < -0.39 is 11.4 Å². The molecule has 0 radical (unpaired) electrons. The van der Waals surface area contributed by atoms with Gasteiger partial charge < -0.3 is 14.7 Å². The Morgan fingerprint density at radius 3 is 2.69 bits per heavy atom. The van der Waals surface area contributed by atoms with E-state index in [1.165, 1.54) is 0 Å². The van der Waals surface area contributed by atoms with Gasteiger partial charge in [-0.25, -0.2) is 0 Å². The molecule has 2 fully saturated rings. The number of carboxylic acids is 1. The summed E-state index contributed by atoms with van der Waals surface area (Å²) in [5, 5.41) is 10.1. The molecule has 1 aromatic carbocycles. The molecule has 2 heterocycles. The first-order chi connectivity index (χ1) is 12.5. The largest absolute Gasteiger partial charge is 0.481 e. The maximum atomic E-state index is 12.9. The SMILES string of the molecule is COCCN(C)CC(=O)N1[C@H]2CC[C@@H]1[C@](Cc1ccccc1)(C(=O)O)C2. The summed E-state index contributed by atoms with van der Waals surface area (Å²) in [6, 6.07) is 9.58. The first-order valence-corrected chi connectivity index (χ1v) is 9.24. The summed E-state index contributed by atoms with van der Waals surface area (Å²) in [7, 11) is 3.53. The fourth-order valence-electron chi connectivity index (χ4n) is 4.65. The van der Waals surface area contributed by atoms with Crippen molar-refractivity contribution in [2.45, 2.75) is 37.8 Å². The summed E-state index contributed by atoms with van der Waals surface area (Å²) in [6.07, 6.45) is 2.71. The average molecular weight is 360 g/mol. The third kappa shape index (κ3) is 3.48. The highest BCUT2D eigenvalue weighted by atomic mass is 16.5. The van der Waals surface area contributed by atoms with Gasteiger partial charge in [-0.15, -0.1) is 0 Å². The maximum absolute atomic E-state index is 12.9. The predicted octanol–water partition coefficient (Wildman–Crippen LogP) is 1.64. The molecule has 0 spiro atoms. The molecule has 3 atom stereocenters. The van der Waals surface area contributed by atoms with E-state index in [2.05, 4.69) is 0 Å². The topological polar surface area (TPSA) is 70.1 Å². The molecule has 0 aliphatic carbocycles. The molecular formula is C20H28N2O4. The smallest absolute Gasteiger partial charge is 0.312 e. The molecule has 1 N–H and O–H groups in total. The van der Waals surface area contributed by atoms with Crippen molar-refractivity contribution in [3.05, 3.63) is 35.9 Å². The minimum Gasteiger partial charge on any atom is -0.481 e. The molecule has 2 bridgehead atoms. The first-order valence-electron chi connectivity index (χ1n) is 9.24. The van der Waals surface area contributed by atoms with Crippen molar-refractivity contribution in [1.29, 1.82) is 0 Å². The summed E-state index contributed by atoms with van der Waals surface area (Å²) in [6.45, 7) is 1.56. The summed E-state index contributed by atoms with van der Waals surface area (Å²) in [4.78, 5) is 29.0. The summed E-state index contributed by atoms with van der Waals surface area (Å²) >= 11 is 0. The van der Waals surface area contributed by atoms with E-state index in [9.17, 15) is 14.7 Å². The van der Waals surface area contributed by atoms with Crippen LogP contribution in [0.2, 0.25) is 0 Å². The lowest BCUT2D eigenvalue weighted by atomic mass is 9.70. The summed E-state index contributed by atoms with van der Waals surface area (Å²) in [5.74, 6) is -0.744. The van der Waals surface area contributed by atoms with Crippen molar-refractivity contribution in [2.75, 3.05) is 33.9 Å². The van der Waals surface area contributed by atoms with Gasteiger partial charge in [0, 0.05) is 25.7 Å². The number of carbonyl (C=O) groups is 2. The fourth-order valence-corrected chi connectivity index (χ4v) is 4.65. The lowest BCUT2D eigenvalue weighted by Crippen LogP contribution is -2.48. The monoisotopic (exact) mass is 360 g/mol. The van der Waals surface area contributed by atoms with Crippen LogP contribution in [0.25, 0.3) is 0 Å². The molecule has 6 nitrogen and oxygen atoms in total. The van der Waals surface area contributed by atoms with Gasteiger partial charge in [0.1, 0.15) is 0 Å². The Morgan fingerprint density at radius 2 is 2.04 bits per heavy atom. The van der Waals surface area contributed by atoms with Gasteiger partial charge in [0.15, 0.2) is 0 Å². The van der Waals surface area contributed by atoms with Crippen molar-refractivity contribution in [1.82, 2.24) is 9.80 Å². The van der Waals surface area contributed by atoms with E-state index in [0.29, 0.717) is 32.5 Å². The number of fused-ring (bicyclic) bond motifs is 2. The standard InChI is InChI=1S/C20H28N2O4/c1-21(10-11-26-2)14-18(23)22-16-8-9-17(22)20(13-16,19(24)25)12-15-6-4-3-5-7-15/h3-7,16-17H,8-14H2,1-2H3,(H,24,25)/t16-,17+,20+/m0/s1. The van der Waals surface area contributed by atoms with Crippen molar-refractivity contribution in [3.8, 4) is 0 Å². The number of likely N-dealkylation sites (N-methyl/N-ethyl adjacent to an activating group) is 1. The van der Waals surface area contributed by atoms with Crippen LogP contribution in [-0.4, -0.2) is 72.7 Å². The molecule has 1 aromatic rings. The third-order valence-corrected chi connectivity index (χ3v) is 5.90. The highest BCUT2D eigenvalue weighted by Gasteiger charge is 2.61. The molecule has 0 saturated carbocycles. The van der Waals surface area contributed by atoms with Crippen LogP contribution in [0.5, 0.6) is 0 Å². The maximum Gasteiger partial charge on any atom is 0.312 e. The van der Waals surface area contributed by atoms with Crippen molar-refractivity contribution < 1.29 is 19.4 Å². The van der Waals surface area contributed by atoms with Gasteiger partial charge in [0.2, 0.25) is 5.91 Å². The van der Waals surface area contributed by atoms with Crippen LogP contribution < -0.4 is 0 Å². The van der Waals surface area contributed by atoms with Crippen LogP contribution in [-0.2, 0) is 20.7 Å². The number of hydrogen-bond acceptors (Lipinski definition) is 4. The van der Waals surface area contributed by atoms with Gasteiger partial charge >= 0.3 is 5.97 Å². The van der Waals surface area contributed by atoms with Gasteiger partial charge in [-0.3, -0.25) is 14.5 Å². The Hall–Kier alpha value is -1.92. The summed E-state index contributed by atoms with van der Waals surface area (Å²) < 4.78 is 5.06. The highest BCUT2D eigenvalue weighted by Crippen LogP contribution is 2.51. The molecule has 142 valence electrons. The van der Waals surface area contributed by atoms with Gasteiger partial charge in [-0.2, -0.15) is 0 Å². The van der Waals surface area contributed by atoms with Gasteiger partial charge in [-0.05, 0) is 38.3 Å².